The largest absolute Gasteiger partial charge is 0.392 e. The van der Waals surface area contributed by atoms with Crippen molar-refractivity contribution in [2.45, 2.75) is 13.0 Å². The van der Waals surface area contributed by atoms with Crippen LogP contribution in [0.2, 0.25) is 0 Å². The molecular formula is C6H9NO. The molecule has 1 atom stereocenters. The van der Waals surface area contributed by atoms with Crippen LogP contribution in [0.25, 0.3) is 0 Å². The fraction of sp³-hybridized carbons (Fsp3) is 0.500. The van der Waals surface area contributed by atoms with E-state index in [9.17, 15) is 0 Å². The lowest BCUT2D eigenvalue weighted by atomic mass is 10.2. The average molecular weight is 111 g/mol. The Kier molecular flexibility index (Phi) is 1.44. The van der Waals surface area contributed by atoms with Crippen molar-refractivity contribution in [3.8, 4) is 0 Å². The molecule has 0 fully saturated rings. The second-order valence-corrected chi connectivity index (χ2v) is 1.92. The van der Waals surface area contributed by atoms with Gasteiger partial charge in [-0.3, -0.25) is 4.99 Å². The molecule has 0 aromatic carbocycles. The van der Waals surface area contributed by atoms with Crippen LogP contribution in [0.5, 0.6) is 0 Å². The van der Waals surface area contributed by atoms with Crippen molar-refractivity contribution in [2.24, 2.45) is 4.99 Å². The van der Waals surface area contributed by atoms with Gasteiger partial charge >= 0.3 is 0 Å². The zero-order valence-corrected chi connectivity index (χ0v) is 4.83. The average Bonchev–Trinajstić information content (AvgIpc) is 2.14. The Morgan fingerprint density at radius 1 is 1.88 bits per heavy atom. The molecule has 1 aliphatic heterocycles. The Morgan fingerprint density at radius 3 is 2.88 bits per heavy atom. The Hall–Kier alpha value is -0.630. The summed E-state index contributed by atoms with van der Waals surface area (Å²) in [4.78, 5) is 4.01. The molecule has 0 amide bonds. The Labute approximate surface area is 48.6 Å². The van der Waals surface area contributed by atoms with Gasteiger partial charge in [0, 0.05) is 6.21 Å². The molecular weight excluding hydrogens is 102 g/mol. The third kappa shape index (κ3) is 0.954. The minimum Gasteiger partial charge on any atom is -0.392 e. The molecule has 0 aromatic rings. The van der Waals surface area contributed by atoms with Crippen LogP contribution in [0.15, 0.2) is 16.6 Å². The molecule has 0 saturated heterocycles. The van der Waals surface area contributed by atoms with Crippen molar-refractivity contribution >= 4 is 6.21 Å². The van der Waals surface area contributed by atoms with Gasteiger partial charge in [-0.1, -0.05) is 6.08 Å². The van der Waals surface area contributed by atoms with Crippen molar-refractivity contribution in [1.29, 1.82) is 0 Å². The summed E-state index contributed by atoms with van der Waals surface area (Å²) < 4.78 is 0. The standard InChI is InChI=1S/C6H9NO/c1-5-2-6(4-8)3-7-5/h2-3,5,8H,4H2,1H3. The number of aliphatic hydroxyl groups excluding tert-OH is 1. The smallest absolute Gasteiger partial charge is 0.0694 e. The normalized spacial score (nSPS) is 26.2. The van der Waals surface area contributed by atoms with Gasteiger partial charge < -0.3 is 5.11 Å². The van der Waals surface area contributed by atoms with Gasteiger partial charge in [0.15, 0.2) is 0 Å². The molecule has 1 unspecified atom stereocenters. The lowest BCUT2D eigenvalue weighted by molar-refractivity contribution is 0.337. The van der Waals surface area contributed by atoms with E-state index in [1.165, 1.54) is 0 Å². The summed E-state index contributed by atoms with van der Waals surface area (Å²) in [6, 6.07) is 0.275. The van der Waals surface area contributed by atoms with Crippen molar-refractivity contribution < 1.29 is 5.11 Å². The van der Waals surface area contributed by atoms with Crippen LogP contribution in [0.4, 0.5) is 0 Å². The second-order valence-electron chi connectivity index (χ2n) is 1.92. The second kappa shape index (κ2) is 2.09. The number of hydrogen-bond donors (Lipinski definition) is 1. The van der Waals surface area contributed by atoms with Gasteiger partial charge in [-0.05, 0) is 12.5 Å². The van der Waals surface area contributed by atoms with E-state index in [0.717, 1.165) is 5.57 Å². The van der Waals surface area contributed by atoms with E-state index in [4.69, 9.17) is 5.11 Å². The van der Waals surface area contributed by atoms with E-state index in [-0.39, 0.29) is 12.6 Å². The van der Waals surface area contributed by atoms with E-state index in [1.54, 1.807) is 6.21 Å². The maximum absolute atomic E-state index is 8.52. The zero-order chi connectivity index (χ0) is 5.98. The first-order valence-corrected chi connectivity index (χ1v) is 2.67. The summed E-state index contributed by atoms with van der Waals surface area (Å²) in [6.45, 7) is 2.10. The van der Waals surface area contributed by atoms with Crippen LogP contribution in [-0.4, -0.2) is 24.0 Å². The van der Waals surface area contributed by atoms with Gasteiger partial charge in [0.2, 0.25) is 0 Å². The summed E-state index contributed by atoms with van der Waals surface area (Å²) in [5.41, 5.74) is 0.928. The van der Waals surface area contributed by atoms with Crippen molar-refractivity contribution in [2.75, 3.05) is 6.61 Å². The first kappa shape index (κ1) is 5.51. The predicted molar refractivity (Wildman–Crippen MR) is 33.1 cm³/mol. The monoisotopic (exact) mass is 111 g/mol. The minimum absolute atomic E-state index is 0.119. The third-order valence-corrected chi connectivity index (χ3v) is 1.11. The summed E-state index contributed by atoms with van der Waals surface area (Å²) >= 11 is 0. The zero-order valence-electron chi connectivity index (χ0n) is 4.83. The van der Waals surface area contributed by atoms with Crippen LogP contribution in [0.3, 0.4) is 0 Å². The van der Waals surface area contributed by atoms with Crippen LogP contribution in [0, 0.1) is 0 Å². The highest BCUT2D eigenvalue weighted by Gasteiger charge is 2.01. The van der Waals surface area contributed by atoms with Gasteiger partial charge in [-0.2, -0.15) is 0 Å². The molecule has 0 aliphatic carbocycles. The molecule has 1 rings (SSSR count). The quantitative estimate of drug-likeness (QED) is 0.521. The van der Waals surface area contributed by atoms with Crippen molar-refractivity contribution in [1.82, 2.24) is 0 Å². The van der Waals surface area contributed by atoms with Gasteiger partial charge in [-0.15, -0.1) is 0 Å². The van der Waals surface area contributed by atoms with E-state index < -0.39 is 0 Å². The van der Waals surface area contributed by atoms with Crippen molar-refractivity contribution in [3.05, 3.63) is 11.6 Å². The lowest BCUT2D eigenvalue weighted by Gasteiger charge is -1.87. The van der Waals surface area contributed by atoms with E-state index >= 15 is 0 Å². The van der Waals surface area contributed by atoms with Gasteiger partial charge in [0.05, 0.1) is 12.6 Å². The van der Waals surface area contributed by atoms with Crippen LogP contribution < -0.4 is 0 Å². The Balaban J connectivity index is 2.58. The minimum atomic E-state index is 0.119. The van der Waals surface area contributed by atoms with E-state index in [2.05, 4.69) is 4.99 Å². The molecule has 44 valence electrons. The highest BCUT2D eigenvalue weighted by atomic mass is 16.3. The molecule has 0 bridgehead atoms. The van der Waals surface area contributed by atoms with Crippen molar-refractivity contribution in [3.63, 3.8) is 0 Å². The maximum atomic E-state index is 8.52. The van der Waals surface area contributed by atoms with Gasteiger partial charge in [0.1, 0.15) is 0 Å². The first-order valence-electron chi connectivity index (χ1n) is 2.67. The fourth-order valence-corrected chi connectivity index (χ4v) is 0.703. The molecule has 0 saturated carbocycles. The number of rotatable bonds is 1. The molecule has 0 radical (unpaired) electrons. The maximum Gasteiger partial charge on any atom is 0.0694 e. The highest BCUT2D eigenvalue weighted by Crippen LogP contribution is 2.04. The molecule has 2 heteroatoms. The molecule has 8 heavy (non-hydrogen) atoms. The Bertz CT molecular complexity index is 137. The highest BCUT2D eigenvalue weighted by molar-refractivity contribution is 5.81. The van der Waals surface area contributed by atoms with Crippen LogP contribution in [-0.2, 0) is 0 Å². The third-order valence-electron chi connectivity index (χ3n) is 1.11. The SMILES string of the molecule is CC1C=C(CO)C=N1. The number of hydrogen-bond acceptors (Lipinski definition) is 2. The number of nitrogens with zero attached hydrogens (tertiary/aromatic N) is 1. The molecule has 2 nitrogen and oxygen atoms in total. The molecule has 0 spiro atoms. The molecule has 1 heterocycles. The molecule has 1 aliphatic rings. The van der Waals surface area contributed by atoms with E-state index in [1.807, 2.05) is 13.0 Å². The first-order chi connectivity index (χ1) is 3.83. The van der Waals surface area contributed by atoms with Gasteiger partial charge in [-0.25, -0.2) is 0 Å². The van der Waals surface area contributed by atoms with E-state index in [0.29, 0.717) is 0 Å². The Morgan fingerprint density at radius 2 is 2.62 bits per heavy atom. The fourth-order valence-electron chi connectivity index (χ4n) is 0.703. The number of aliphatic imine (C=N–C) groups is 1. The summed E-state index contributed by atoms with van der Waals surface area (Å²) in [7, 11) is 0. The van der Waals surface area contributed by atoms with Crippen LogP contribution >= 0.6 is 0 Å². The lowest BCUT2D eigenvalue weighted by Crippen LogP contribution is -1.87. The summed E-state index contributed by atoms with van der Waals surface area (Å²) in [5.74, 6) is 0. The number of aliphatic hydroxyl groups is 1. The molecule has 0 aromatic heterocycles. The van der Waals surface area contributed by atoms with Crippen LogP contribution in [0.1, 0.15) is 6.92 Å². The summed E-state index contributed by atoms with van der Waals surface area (Å²) in [5, 5.41) is 8.52. The van der Waals surface area contributed by atoms with Gasteiger partial charge in [0.25, 0.3) is 0 Å². The molecule has 1 N–H and O–H groups in total. The topological polar surface area (TPSA) is 32.6 Å². The predicted octanol–water partition coefficient (Wildman–Crippen LogP) is 0.378. The summed E-state index contributed by atoms with van der Waals surface area (Å²) in [6.07, 6.45) is 3.66.